The SMILES string of the molecule is CCCN(C(=O)OCc1cccc(F)c1)C1CCNCC1.Cl. The molecule has 0 aliphatic carbocycles. The number of halogens is 2. The van der Waals surface area contributed by atoms with Gasteiger partial charge in [-0.25, -0.2) is 9.18 Å². The molecular formula is C16H24ClFN2O2. The van der Waals surface area contributed by atoms with Crippen LogP contribution in [0.15, 0.2) is 24.3 Å². The second kappa shape index (κ2) is 9.64. The first kappa shape index (κ1) is 18.7. The number of nitrogens with zero attached hydrogens (tertiary/aromatic N) is 1. The monoisotopic (exact) mass is 330 g/mol. The summed E-state index contributed by atoms with van der Waals surface area (Å²) in [6.07, 6.45) is 2.51. The van der Waals surface area contributed by atoms with Crippen LogP contribution >= 0.6 is 12.4 Å². The molecule has 1 N–H and O–H groups in total. The van der Waals surface area contributed by atoms with Gasteiger partial charge in [-0.3, -0.25) is 0 Å². The lowest BCUT2D eigenvalue weighted by Crippen LogP contribution is -2.46. The summed E-state index contributed by atoms with van der Waals surface area (Å²) in [5.41, 5.74) is 0.671. The average Bonchev–Trinajstić information content (AvgIpc) is 2.51. The van der Waals surface area contributed by atoms with Crippen LogP contribution in [0.3, 0.4) is 0 Å². The fraction of sp³-hybridized carbons (Fsp3) is 0.562. The number of carbonyl (C=O) groups is 1. The van der Waals surface area contributed by atoms with Crippen LogP contribution in [0.5, 0.6) is 0 Å². The molecule has 0 bridgehead atoms. The molecule has 1 aromatic rings. The summed E-state index contributed by atoms with van der Waals surface area (Å²) in [7, 11) is 0. The highest BCUT2D eigenvalue weighted by atomic mass is 35.5. The Balaban J connectivity index is 0.00000242. The van der Waals surface area contributed by atoms with Crippen molar-refractivity contribution < 1.29 is 13.9 Å². The van der Waals surface area contributed by atoms with E-state index in [0.29, 0.717) is 12.1 Å². The predicted octanol–water partition coefficient (Wildman–Crippen LogP) is 3.35. The van der Waals surface area contributed by atoms with Crippen molar-refractivity contribution in [3.05, 3.63) is 35.6 Å². The van der Waals surface area contributed by atoms with Crippen LogP contribution in [0, 0.1) is 5.82 Å². The maximum Gasteiger partial charge on any atom is 0.410 e. The first-order valence-corrected chi connectivity index (χ1v) is 7.59. The maximum atomic E-state index is 13.1. The van der Waals surface area contributed by atoms with Gasteiger partial charge in [0.15, 0.2) is 0 Å². The van der Waals surface area contributed by atoms with Gasteiger partial charge < -0.3 is 15.0 Å². The van der Waals surface area contributed by atoms with Gasteiger partial charge >= 0.3 is 6.09 Å². The van der Waals surface area contributed by atoms with Gasteiger partial charge in [-0.1, -0.05) is 19.1 Å². The molecule has 0 atom stereocenters. The third kappa shape index (κ3) is 5.46. The molecule has 1 aromatic carbocycles. The van der Waals surface area contributed by atoms with E-state index >= 15 is 0 Å². The molecule has 1 amide bonds. The van der Waals surface area contributed by atoms with Gasteiger partial charge in [0, 0.05) is 12.6 Å². The third-order valence-electron chi connectivity index (χ3n) is 3.70. The molecule has 1 heterocycles. The van der Waals surface area contributed by atoms with Crippen molar-refractivity contribution in [1.29, 1.82) is 0 Å². The molecule has 0 aromatic heterocycles. The van der Waals surface area contributed by atoms with Crippen molar-refractivity contribution in [2.75, 3.05) is 19.6 Å². The van der Waals surface area contributed by atoms with E-state index in [-0.39, 0.29) is 37.0 Å². The molecule has 1 fully saturated rings. The van der Waals surface area contributed by atoms with Crippen molar-refractivity contribution >= 4 is 18.5 Å². The highest BCUT2D eigenvalue weighted by molar-refractivity contribution is 5.85. The molecule has 2 rings (SSSR count). The van der Waals surface area contributed by atoms with Crippen LogP contribution in [0.25, 0.3) is 0 Å². The smallest absolute Gasteiger partial charge is 0.410 e. The molecule has 0 radical (unpaired) electrons. The Labute approximate surface area is 137 Å². The number of amides is 1. The van der Waals surface area contributed by atoms with Crippen molar-refractivity contribution in [2.45, 2.75) is 38.8 Å². The lowest BCUT2D eigenvalue weighted by Gasteiger charge is -2.33. The predicted molar refractivity (Wildman–Crippen MR) is 86.7 cm³/mol. The van der Waals surface area contributed by atoms with Crippen LogP contribution in [0.4, 0.5) is 9.18 Å². The Hall–Kier alpha value is -1.33. The largest absolute Gasteiger partial charge is 0.445 e. The standard InChI is InChI=1S/C16H23FN2O2.ClH/c1-2-10-19(15-6-8-18-9-7-15)16(20)21-12-13-4-3-5-14(17)11-13;/h3-5,11,15,18H,2,6-10,12H2,1H3;1H. The molecule has 0 saturated carbocycles. The topological polar surface area (TPSA) is 41.6 Å². The number of hydrogen-bond acceptors (Lipinski definition) is 3. The second-order valence-electron chi connectivity index (χ2n) is 5.36. The minimum absolute atomic E-state index is 0. The summed E-state index contributed by atoms with van der Waals surface area (Å²) in [5, 5.41) is 3.29. The van der Waals surface area contributed by atoms with Gasteiger partial charge in [0.25, 0.3) is 0 Å². The summed E-state index contributed by atoms with van der Waals surface area (Å²) in [4.78, 5) is 14.1. The van der Waals surface area contributed by atoms with Gasteiger partial charge in [0.1, 0.15) is 12.4 Å². The molecule has 6 heteroatoms. The molecule has 0 unspecified atom stereocenters. The minimum Gasteiger partial charge on any atom is -0.445 e. The maximum absolute atomic E-state index is 13.1. The van der Waals surface area contributed by atoms with Gasteiger partial charge in [0.05, 0.1) is 0 Å². The number of benzene rings is 1. The molecular weight excluding hydrogens is 307 g/mol. The summed E-state index contributed by atoms with van der Waals surface area (Å²) < 4.78 is 18.5. The summed E-state index contributed by atoms with van der Waals surface area (Å²) in [6.45, 7) is 4.73. The fourth-order valence-electron chi connectivity index (χ4n) is 2.64. The molecule has 4 nitrogen and oxygen atoms in total. The number of carbonyl (C=O) groups excluding carboxylic acids is 1. The van der Waals surface area contributed by atoms with Crippen molar-refractivity contribution in [3.63, 3.8) is 0 Å². The van der Waals surface area contributed by atoms with E-state index in [9.17, 15) is 9.18 Å². The zero-order chi connectivity index (χ0) is 15.1. The summed E-state index contributed by atoms with van der Waals surface area (Å²) in [5.74, 6) is -0.313. The molecule has 124 valence electrons. The summed E-state index contributed by atoms with van der Waals surface area (Å²) in [6, 6.07) is 6.39. The van der Waals surface area contributed by atoms with Crippen LogP contribution in [-0.2, 0) is 11.3 Å². The van der Waals surface area contributed by atoms with E-state index in [0.717, 1.165) is 32.4 Å². The number of ether oxygens (including phenoxy) is 1. The molecule has 22 heavy (non-hydrogen) atoms. The Morgan fingerprint density at radius 3 is 2.77 bits per heavy atom. The number of nitrogens with one attached hydrogen (secondary N) is 1. The van der Waals surface area contributed by atoms with E-state index in [1.165, 1.54) is 12.1 Å². The Bertz CT molecular complexity index is 467. The molecule has 0 spiro atoms. The zero-order valence-electron chi connectivity index (χ0n) is 12.9. The minimum atomic E-state index is -0.313. The van der Waals surface area contributed by atoms with Crippen molar-refractivity contribution in [2.24, 2.45) is 0 Å². The number of piperidine rings is 1. The first-order chi connectivity index (χ1) is 10.2. The van der Waals surface area contributed by atoms with E-state index < -0.39 is 0 Å². The lowest BCUT2D eigenvalue weighted by molar-refractivity contribution is 0.0733. The van der Waals surface area contributed by atoms with Crippen LogP contribution in [0.2, 0.25) is 0 Å². The van der Waals surface area contributed by atoms with Gasteiger partial charge in [-0.05, 0) is 50.0 Å². The van der Waals surface area contributed by atoms with E-state index in [2.05, 4.69) is 5.32 Å². The van der Waals surface area contributed by atoms with Crippen LogP contribution in [-0.4, -0.2) is 36.7 Å². The van der Waals surface area contributed by atoms with E-state index in [1.807, 2.05) is 11.8 Å². The van der Waals surface area contributed by atoms with E-state index in [4.69, 9.17) is 4.74 Å². The number of hydrogen-bond donors (Lipinski definition) is 1. The van der Waals surface area contributed by atoms with Crippen molar-refractivity contribution in [1.82, 2.24) is 10.2 Å². The molecule has 1 saturated heterocycles. The average molecular weight is 331 g/mol. The molecule has 1 aliphatic heterocycles. The Kier molecular flexibility index (Phi) is 8.20. The highest BCUT2D eigenvalue weighted by Crippen LogP contribution is 2.15. The van der Waals surface area contributed by atoms with E-state index in [1.54, 1.807) is 12.1 Å². The second-order valence-corrected chi connectivity index (χ2v) is 5.36. The molecule has 1 aliphatic rings. The van der Waals surface area contributed by atoms with Crippen molar-refractivity contribution in [3.8, 4) is 0 Å². The lowest BCUT2D eigenvalue weighted by atomic mass is 10.1. The van der Waals surface area contributed by atoms with Crippen LogP contribution in [0.1, 0.15) is 31.7 Å². The summed E-state index contributed by atoms with van der Waals surface area (Å²) >= 11 is 0. The Morgan fingerprint density at radius 1 is 1.41 bits per heavy atom. The highest BCUT2D eigenvalue weighted by Gasteiger charge is 2.25. The Morgan fingerprint density at radius 2 is 2.14 bits per heavy atom. The quantitative estimate of drug-likeness (QED) is 0.900. The van der Waals surface area contributed by atoms with Gasteiger partial charge in [-0.2, -0.15) is 0 Å². The fourth-order valence-corrected chi connectivity index (χ4v) is 2.64. The van der Waals surface area contributed by atoms with Gasteiger partial charge in [0.2, 0.25) is 0 Å². The normalized spacial score (nSPS) is 15.0. The first-order valence-electron chi connectivity index (χ1n) is 7.59. The van der Waals surface area contributed by atoms with Crippen LogP contribution < -0.4 is 5.32 Å². The third-order valence-corrected chi connectivity index (χ3v) is 3.70. The van der Waals surface area contributed by atoms with Gasteiger partial charge in [-0.15, -0.1) is 12.4 Å². The zero-order valence-corrected chi connectivity index (χ0v) is 13.7. The number of rotatable bonds is 5.